The topological polar surface area (TPSA) is 59.8 Å². The summed E-state index contributed by atoms with van der Waals surface area (Å²) in [5.74, 6) is 0.828. The Balaban J connectivity index is 1.79. The molecule has 0 spiro atoms. The Morgan fingerprint density at radius 1 is 1.31 bits per heavy atom. The highest BCUT2D eigenvalue weighted by Gasteiger charge is 2.14. The number of hydrogen-bond acceptors (Lipinski definition) is 4. The van der Waals surface area contributed by atoms with Crippen molar-refractivity contribution in [3.05, 3.63) is 53.9 Å². The van der Waals surface area contributed by atoms with E-state index >= 15 is 0 Å². The molecule has 0 aliphatic heterocycles. The minimum atomic E-state index is 0.0130. The number of benzene rings is 1. The number of aryl methyl sites for hydroxylation is 1. The normalized spacial score (nSPS) is 11.0. The van der Waals surface area contributed by atoms with E-state index in [2.05, 4.69) is 48.4 Å². The maximum absolute atomic E-state index is 12.3. The van der Waals surface area contributed by atoms with E-state index in [1.807, 2.05) is 10.6 Å². The molecule has 0 atom stereocenters. The molecule has 6 heteroatoms. The Labute approximate surface area is 158 Å². The standard InChI is InChI=1S/C20H24N4OS/c1-3-4-9-22-19(25)13-24-18-12-21-10-8-17(18)23-20(24)26-14-16-7-5-6-15(2)11-16/h5-8,10-12H,3-4,9,13-14H2,1-2H3,(H,22,25). The number of rotatable bonds is 8. The van der Waals surface area contributed by atoms with Crippen molar-refractivity contribution in [1.29, 1.82) is 0 Å². The summed E-state index contributed by atoms with van der Waals surface area (Å²) < 4.78 is 1.96. The first-order valence-electron chi connectivity index (χ1n) is 8.92. The molecular formula is C20H24N4OS. The monoisotopic (exact) mass is 368 g/mol. The molecule has 26 heavy (non-hydrogen) atoms. The van der Waals surface area contributed by atoms with Crippen LogP contribution in [0.1, 0.15) is 30.9 Å². The van der Waals surface area contributed by atoms with Crippen LogP contribution in [-0.2, 0) is 17.1 Å². The van der Waals surface area contributed by atoms with E-state index in [0.29, 0.717) is 6.54 Å². The van der Waals surface area contributed by atoms with Gasteiger partial charge in [-0.15, -0.1) is 0 Å². The smallest absolute Gasteiger partial charge is 0.240 e. The van der Waals surface area contributed by atoms with E-state index in [1.54, 1.807) is 24.2 Å². The zero-order chi connectivity index (χ0) is 18.4. The predicted molar refractivity (Wildman–Crippen MR) is 106 cm³/mol. The summed E-state index contributed by atoms with van der Waals surface area (Å²) in [5.41, 5.74) is 4.26. The minimum absolute atomic E-state index is 0.0130. The lowest BCUT2D eigenvalue weighted by Gasteiger charge is -2.09. The molecule has 3 aromatic rings. The lowest BCUT2D eigenvalue weighted by atomic mass is 10.2. The molecule has 0 radical (unpaired) electrons. The number of nitrogens with one attached hydrogen (secondary N) is 1. The lowest BCUT2D eigenvalue weighted by molar-refractivity contribution is -0.121. The number of hydrogen-bond donors (Lipinski definition) is 1. The fourth-order valence-electron chi connectivity index (χ4n) is 2.76. The number of fused-ring (bicyclic) bond motifs is 1. The summed E-state index contributed by atoms with van der Waals surface area (Å²) >= 11 is 1.65. The molecule has 5 nitrogen and oxygen atoms in total. The van der Waals surface area contributed by atoms with Crippen LogP contribution in [0, 0.1) is 6.92 Å². The number of imidazole rings is 1. The van der Waals surface area contributed by atoms with Gasteiger partial charge in [0.05, 0.1) is 17.2 Å². The van der Waals surface area contributed by atoms with Gasteiger partial charge in [-0.25, -0.2) is 4.98 Å². The van der Waals surface area contributed by atoms with Crippen LogP contribution in [0.3, 0.4) is 0 Å². The number of carbonyl (C=O) groups is 1. The first kappa shape index (κ1) is 18.5. The second kappa shape index (κ2) is 8.85. The van der Waals surface area contributed by atoms with Crippen molar-refractivity contribution in [2.75, 3.05) is 6.54 Å². The van der Waals surface area contributed by atoms with Crippen molar-refractivity contribution in [2.45, 2.75) is 44.1 Å². The fraction of sp³-hybridized carbons (Fsp3) is 0.350. The van der Waals surface area contributed by atoms with E-state index in [1.165, 1.54) is 11.1 Å². The first-order valence-corrected chi connectivity index (χ1v) is 9.91. The average molecular weight is 369 g/mol. The van der Waals surface area contributed by atoms with Gasteiger partial charge in [0.25, 0.3) is 0 Å². The fourth-order valence-corrected chi connectivity index (χ4v) is 3.72. The zero-order valence-corrected chi connectivity index (χ0v) is 16.1. The zero-order valence-electron chi connectivity index (χ0n) is 15.2. The molecule has 3 rings (SSSR count). The van der Waals surface area contributed by atoms with Crippen LogP contribution in [0.15, 0.2) is 47.9 Å². The minimum Gasteiger partial charge on any atom is -0.355 e. The van der Waals surface area contributed by atoms with Crippen molar-refractivity contribution in [3.8, 4) is 0 Å². The van der Waals surface area contributed by atoms with Gasteiger partial charge in [0.15, 0.2) is 5.16 Å². The Morgan fingerprint density at radius 2 is 2.19 bits per heavy atom. The number of carbonyl (C=O) groups excluding carboxylic acids is 1. The highest BCUT2D eigenvalue weighted by atomic mass is 32.2. The summed E-state index contributed by atoms with van der Waals surface area (Å²) in [6.07, 6.45) is 5.57. The molecule has 0 unspecified atom stereocenters. The van der Waals surface area contributed by atoms with Crippen molar-refractivity contribution < 1.29 is 4.79 Å². The van der Waals surface area contributed by atoms with Crippen molar-refractivity contribution in [3.63, 3.8) is 0 Å². The van der Waals surface area contributed by atoms with E-state index in [0.717, 1.165) is 34.8 Å². The summed E-state index contributed by atoms with van der Waals surface area (Å²) in [4.78, 5) is 21.2. The molecule has 2 aromatic heterocycles. The predicted octanol–water partition coefficient (Wildman–Crippen LogP) is 3.95. The third kappa shape index (κ3) is 4.64. The summed E-state index contributed by atoms with van der Waals surface area (Å²) in [5, 5.41) is 3.83. The highest BCUT2D eigenvalue weighted by molar-refractivity contribution is 7.98. The Bertz CT molecular complexity index is 890. The summed E-state index contributed by atoms with van der Waals surface area (Å²) in [6, 6.07) is 10.3. The molecule has 0 aliphatic carbocycles. The quantitative estimate of drug-likeness (QED) is 0.483. The number of nitrogens with zero attached hydrogens (tertiary/aromatic N) is 3. The van der Waals surface area contributed by atoms with Gasteiger partial charge in [0.2, 0.25) is 5.91 Å². The van der Waals surface area contributed by atoms with Gasteiger partial charge in [-0.1, -0.05) is 54.9 Å². The van der Waals surface area contributed by atoms with Crippen LogP contribution >= 0.6 is 11.8 Å². The van der Waals surface area contributed by atoms with Gasteiger partial charge in [-0.2, -0.15) is 0 Å². The summed E-state index contributed by atoms with van der Waals surface area (Å²) in [6.45, 7) is 5.19. The Morgan fingerprint density at radius 3 is 3.00 bits per heavy atom. The maximum atomic E-state index is 12.3. The van der Waals surface area contributed by atoms with Crippen molar-refractivity contribution in [2.24, 2.45) is 0 Å². The number of aromatic nitrogens is 3. The molecule has 1 amide bonds. The van der Waals surface area contributed by atoms with Gasteiger partial charge < -0.3 is 9.88 Å². The van der Waals surface area contributed by atoms with Crippen LogP contribution in [0.5, 0.6) is 0 Å². The maximum Gasteiger partial charge on any atom is 0.240 e. The van der Waals surface area contributed by atoms with Crippen LogP contribution < -0.4 is 5.32 Å². The average Bonchev–Trinajstić information content (AvgIpc) is 2.98. The molecular weight excluding hydrogens is 344 g/mol. The SMILES string of the molecule is CCCCNC(=O)Cn1c(SCc2cccc(C)c2)nc2ccncc21. The Hall–Kier alpha value is -2.34. The van der Waals surface area contributed by atoms with E-state index in [-0.39, 0.29) is 12.5 Å². The van der Waals surface area contributed by atoms with Gasteiger partial charge in [0, 0.05) is 18.5 Å². The van der Waals surface area contributed by atoms with Crippen LogP contribution in [0.25, 0.3) is 11.0 Å². The molecule has 136 valence electrons. The second-order valence-corrected chi connectivity index (χ2v) is 7.27. The van der Waals surface area contributed by atoms with Gasteiger partial charge in [-0.05, 0) is 25.0 Å². The van der Waals surface area contributed by atoms with Crippen LogP contribution in [-0.4, -0.2) is 27.0 Å². The molecule has 0 bridgehead atoms. The number of amides is 1. The largest absolute Gasteiger partial charge is 0.355 e. The number of thioether (sulfide) groups is 1. The molecule has 0 fully saturated rings. The van der Waals surface area contributed by atoms with Gasteiger partial charge >= 0.3 is 0 Å². The third-order valence-electron chi connectivity index (χ3n) is 4.12. The first-order chi connectivity index (χ1) is 12.7. The molecule has 0 saturated carbocycles. The second-order valence-electron chi connectivity index (χ2n) is 6.33. The third-order valence-corrected chi connectivity index (χ3v) is 5.17. The number of unbranched alkanes of at least 4 members (excludes halogenated alkanes) is 1. The molecule has 1 N–H and O–H groups in total. The molecule has 0 saturated heterocycles. The van der Waals surface area contributed by atoms with E-state index < -0.39 is 0 Å². The lowest BCUT2D eigenvalue weighted by Crippen LogP contribution is -2.28. The van der Waals surface area contributed by atoms with E-state index in [9.17, 15) is 4.79 Å². The van der Waals surface area contributed by atoms with Crippen LogP contribution in [0.4, 0.5) is 0 Å². The van der Waals surface area contributed by atoms with Crippen molar-refractivity contribution in [1.82, 2.24) is 19.9 Å². The van der Waals surface area contributed by atoms with Gasteiger partial charge in [0.1, 0.15) is 6.54 Å². The molecule has 0 aliphatic rings. The van der Waals surface area contributed by atoms with Gasteiger partial charge in [-0.3, -0.25) is 9.78 Å². The molecule has 2 heterocycles. The summed E-state index contributed by atoms with van der Waals surface area (Å²) in [7, 11) is 0. The number of pyridine rings is 1. The van der Waals surface area contributed by atoms with E-state index in [4.69, 9.17) is 4.98 Å². The van der Waals surface area contributed by atoms with Crippen molar-refractivity contribution >= 4 is 28.7 Å². The Kier molecular flexibility index (Phi) is 6.28. The van der Waals surface area contributed by atoms with Crippen LogP contribution in [0.2, 0.25) is 0 Å². The molecule has 1 aromatic carbocycles. The highest BCUT2D eigenvalue weighted by Crippen LogP contribution is 2.26.